The van der Waals surface area contributed by atoms with Crippen molar-refractivity contribution in [3.8, 4) is 10.4 Å². The van der Waals surface area contributed by atoms with Crippen molar-refractivity contribution in [2.24, 2.45) is 0 Å². The molecular formula is C19H18N4O3S2. The second kappa shape index (κ2) is 8.85. The van der Waals surface area contributed by atoms with E-state index in [1.807, 2.05) is 36.4 Å². The van der Waals surface area contributed by atoms with E-state index in [4.69, 9.17) is 0 Å². The molecule has 3 rings (SSSR count). The van der Waals surface area contributed by atoms with Gasteiger partial charge in [-0.25, -0.2) is 9.78 Å². The Balaban J connectivity index is 1.96. The number of amides is 3. The number of nitrogens with one attached hydrogen (secondary N) is 2. The second-order valence-electron chi connectivity index (χ2n) is 5.71. The summed E-state index contributed by atoms with van der Waals surface area (Å²) < 4.78 is 1.48. The fourth-order valence-electron chi connectivity index (χ4n) is 2.50. The molecule has 3 aromatic rings. The lowest BCUT2D eigenvalue weighted by Crippen LogP contribution is -2.38. The number of rotatable bonds is 6. The predicted octanol–water partition coefficient (Wildman–Crippen LogP) is 2.86. The van der Waals surface area contributed by atoms with E-state index >= 15 is 0 Å². The minimum atomic E-state index is -0.580. The number of thiophene rings is 1. The number of allylic oxidation sites excluding steroid dienone is 1. The van der Waals surface area contributed by atoms with Gasteiger partial charge in [-0.3, -0.25) is 19.5 Å². The number of aromatic nitrogens is 2. The Kier molecular flexibility index (Phi) is 6.27. The van der Waals surface area contributed by atoms with E-state index in [2.05, 4.69) is 22.2 Å². The summed E-state index contributed by atoms with van der Waals surface area (Å²) in [5.41, 5.74) is 0.830. The molecule has 1 aromatic carbocycles. The van der Waals surface area contributed by atoms with Crippen molar-refractivity contribution in [1.29, 1.82) is 0 Å². The number of carbonyl (C=O) groups excluding carboxylic acids is 2. The van der Waals surface area contributed by atoms with Crippen LogP contribution in [0.25, 0.3) is 20.7 Å². The molecule has 28 heavy (non-hydrogen) atoms. The lowest BCUT2D eigenvalue weighted by atomic mass is 10.2. The molecule has 9 heteroatoms. The number of fused-ring (bicyclic) bond motifs is 1. The summed E-state index contributed by atoms with van der Waals surface area (Å²) in [6, 6.07) is 11.0. The van der Waals surface area contributed by atoms with Crippen LogP contribution in [0.4, 0.5) is 4.79 Å². The van der Waals surface area contributed by atoms with Crippen molar-refractivity contribution in [2.45, 2.75) is 11.7 Å². The van der Waals surface area contributed by atoms with Crippen LogP contribution in [0.1, 0.15) is 0 Å². The summed E-state index contributed by atoms with van der Waals surface area (Å²) in [7, 11) is 1.42. The van der Waals surface area contributed by atoms with Gasteiger partial charge in [0.15, 0.2) is 5.16 Å². The molecule has 7 nitrogen and oxygen atoms in total. The van der Waals surface area contributed by atoms with Gasteiger partial charge >= 0.3 is 6.03 Å². The Labute approximate surface area is 169 Å². The van der Waals surface area contributed by atoms with Gasteiger partial charge in [-0.15, -0.1) is 17.9 Å². The van der Waals surface area contributed by atoms with Crippen molar-refractivity contribution in [3.05, 3.63) is 59.4 Å². The topological polar surface area (TPSA) is 93.1 Å². The zero-order chi connectivity index (χ0) is 20.1. The Morgan fingerprint density at radius 3 is 2.75 bits per heavy atom. The standard InChI is InChI=1S/C19H18N4O3S2/c1-3-9-23-17(25)13-10-14(12-7-5-4-6-8-12)28-16(13)22-19(23)27-11-15(24)21-18(26)20-2/h3-8,10H,1,9,11H2,2H3,(H2,20,21,24,26). The molecule has 144 valence electrons. The normalized spacial score (nSPS) is 10.6. The number of imide groups is 1. The van der Waals surface area contributed by atoms with Crippen LogP contribution < -0.4 is 16.2 Å². The first-order valence-electron chi connectivity index (χ1n) is 8.38. The molecule has 0 aliphatic carbocycles. The molecule has 2 heterocycles. The van der Waals surface area contributed by atoms with Gasteiger partial charge in [0.1, 0.15) is 4.83 Å². The molecule has 0 saturated carbocycles. The highest BCUT2D eigenvalue weighted by atomic mass is 32.2. The maximum Gasteiger partial charge on any atom is 0.321 e. The third-order valence-corrected chi connectivity index (χ3v) is 5.85. The number of carbonyl (C=O) groups is 2. The molecule has 0 aliphatic heterocycles. The first-order valence-corrected chi connectivity index (χ1v) is 10.2. The van der Waals surface area contributed by atoms with Crippen molar-refractivity contribution >= 4 is 45.3 Å². The Hall–Kier alpha value is -2.91. The Bertz CT molecular complexity index is 1090. The van der Waals surface area contributed by atoms with Gasteiger partial charge in [0, 0.05) is 18.5 Å². The molecule has 3 amide bonds. The van der Waals surface area contributed by atoms with E-state index < -0.39 is 11.9 Å². The molecule has 0 radical (unpaired) electrons. The highest BCUT2D eigenvalue weighted by molar-refractivity contribution is 7.99. The first-order chi connectivity index (χ1) is 13.5. The van der Waals surface area contributed by atoms with E-state index in [0.29, 0.717) is 15.4 Å². The van der Waals surface area contributed by atoms with Gasteiger partial charge in [0.2, 0.25) is 5.91 Å². The maximum absolute atomic E-state index is 13.0. The van der Waals surface area contributed by atoms with E-state index in [1.54, 1.807) is 6.08 Å². The SMILES string of the molecule is C=CCn1c(SCC(=O)NC(=O)NC)nc2sc(-c3ccccc3)cc2c1=O. The lowest BCUT2D eigenvalue weighted by Gasteiger charge is -2.09. The average Bonchev–Trinajstić information content (AvgIpc) is 3.14. The molecule has 2 N–H and O–H groups in total. The predicted molar refractivity (Wildman–Crippen MR) is 113 cm³/mol. The molecule has 0 bridgehead atoms. The van der Waals surface area contributed by atoms with Crippen LogP contribution in [0.3, 0.4) is 0 Å². The highest BCUT2D eigenvalue weighted by Crippen LogP contribution is 2.32. The van der Waals surface area contributed by atoms with Crippen molar-refractivity contribution in [3.63, 3.8) is 0 Å². The average molecular weight is 415 g/mol. The van der Waals surface area contributed by atoms with E-state index in [-0.39, 0.29) is 17.9 Å². The number of thioether (sulfide) groups is 1. The number of benzene rings is 1. The maximum atomic E-state index is 13.0. The monoisotopic (exact) mass is 414 g/mol. The number of nitrogens with zero attached hydrogens (tertiary/aromatic N) is 2. The van der Waals surface area contributed by atoms with Gasteiger partial charge in [-0.05, 0) is 11.6 Å². The summed E-state index contributed by atoms with van der Waals surface area (Å²) in [4.78, 5) is 42.2. The summed E-state index contributed by atoms with van der Waals surface area (Å²) in [5, 5.41) is 5.44. The Morgan fingerprint density at radius 1 is 1.32 bits per heavy atom. The summed E-state index contributed by atoms with van der Waals surface area (Å²) in [6.45, 7) is 3.97. The molecule has 0 saturated heterocycles. The minimum absolute atomic E-state index is 0.0422. The first kappa shape index (κ1) is 19.8. The largest absolute Gasteiger partial charge is 0.341 e. The fourth-order valence-corrected chi connectivity index (χ4v) is 4.38. The molecule has 2 aromatic heterocycles. The smallest absolute Gasteiger partial charge is 0.321 e. The zero-order valence-corrected chi connectivity index (χ0v) is 16.7. The van der Waals surface area contributed by atoms with Crippen molar-refractivity contribution in [1.82, 2.24) is 20.2 Å². The summed E-state index contributed by atoms with van der Waals surface area (Å²) in [6.07, 6.45) is 1.61. The summed E-state index contributed by atoms with van der Waals surface area (Å²) in [5.74, 6) is -0.514. The van der Waals surface area contributed by atoms with E-state index in [1.165, 1.54) is 23.0 Å². The van der Waals surface area contributed by atoms with Gasteiger partial charge in [0.25, 0.3) is 5.56 Å². The van der Waals surface area contributed by atoms with Crippen molar-refractivity contribution < 1.29 is 9.59 Å². The molecule has 0 fully saturated rings. The van der Waals surface area contributed by atoms with Crippen LogP contribution in [0.15, 0.2) is 59.0 Å². The third kappa shape index (κ3) is 4.32. The zero-order valence-electron chi connectivity index (χ0n) is 15.1. The minimum Gasteiger partial charge on any atom is -0.341 e. The number of hydrogen-bond acceptors (Lipinski definition) is 6. The van der Waals surface area contributed by atoms with Crippen molar-refractivity contribution in [2.75, 3.05) is 12.8 Å². The molecular weight excluding hydrogens is 396 g/mol. The van der Waals surface area contributed by atoms with Gasteiger partial charge in [-0.2, -0.15) is 0 Å². The molecule has 0 atom stereocenters. The van der Waals surface area contributed by atoms with Crippen LogP contribution in [0.5, 0.6) is 0 Å². The van der Waals surface area contributed by atoms with E-state index in [0.717, 1.165) is 22.2 Å². The van der Waals surface area contributed by atoms with Crippen LogP contribution >= 0.6 is 23.1 Å². The quantitative estimate of drug-likeness (QED) is 0.368. The molecule has 0 spiro atoms. The van der Waals surface area contributed by atoms with Crippen LogP contribution in [0, 0.1) is 0 Å². The van der Waals surface area contributed by atoms with E-state index in [9.17, 15) is 14.4 Å². The second-order valence-corrected chi connectivity index (χ2v) is 7.68. The van der Waals surface area contributed by atoms with Gasteiger partial charge in [-0.1, -0.05) is 48.2 Å². The van der Waals surface area contributed by atoms with Gasteiger partial charge < -0.3 is 5.32 Å². The van der Waals surface area contributed by atoms with Crippen LogP contribution in [0.2, 0.25) is 0 Å². The lowest BCUT2D eigenvalue weighted by molar-refractivity contribution is -0.117. The molecule has 0 aliphatic rings. The number of hydrogen-bond donors (Lipinski definition) is 2. The summed E-state index contributed by atoms with van der Waals surface area (Å²) >= 11 is 2.53. The van der Waals surface area contributed by atoms with Gasteiger partial charge in [0.05, 0.1) is 11.1 Å². The Morgan fingerprint density at radius 2 is 2.07 bits per heavy atom. The van der Waals surface area contributed by atoms with Crippen LogP contribution in [-0.2, 0) is 11.3 Å². The highest BCUT2D eigenvalue weighted by Gasteiger charge is 2.16. The third-order valence-electron chi connectivity index (χ3n) is 3.80. The number of urea groups is 1. The fraction of sp³-hybridized carbons (Fsp3) is 0.158. The van der Waals surface area contributed by atoms with Crippen LogP contribution in [-0.4, -0.2) is 34.3 Å². The molecule has 0 unspecified atom stereocenters.